The third-order valence-corrected chi connectivity index (χ3v) is 7.08. The molecule has 4 atom stereocenters. The van der Waals surface area contributed by atoms with Crippen molar-refractivity contribution in [2.75, 3.05) is 19.6 Å². The van der Waals surface area contributed by atoms with Crippen molar-refractivity contribution in [2.45, 2.75) is 69.8 Å². The maximum atomic E-state index is 12.8. The topological polar surface area (TPSA) is 8.88 Å². The molecule has 5 heteroatoms. The molecule has 3 aliphatic rings. The van der Waals surface area contributed by atoms with Gasteiger partial charge in [0.2, 0.25) is 0 Å². The first-order valence-electron chi connectivity index (χ1n) is 10.4. The van der Waals surface area contributed by atoms with Crippen LogP contribution in [0.4, 0.5) is 13.2 Å². The molecular formula is C21H31F3N2+2. The molecule has 3 fully saturated rings. The van der Waals surface area contributed by atoms with Gasteiger partial charge in [0.15, 0.2) is 0 Å². The van der Waals surface area contributed by atoms with E-state index in [0.29, 0.717) is 6.04 Å². The molecule has 0 bridgehead atoms. The minimum atomic E-state index is -4.24. The number of rotatable bonds is 3. The van der Waals surface area contributed by atoms with Crippen molar-refractivity contribution in [3.63, 3.8) is 0 Å². The lowest BCUT2D eigenvalue weighted by atomic mass is 9.78. The third kappa shape index (κ3) is 3.79. The third-order valence-electron chi connectivity index (χ3n) is 7.08. The Morgan fingerprint density at radius 2 is 1.58 bits per heavy atom. The SMILES string of the molecule is FC(F)(F)c1ccc(C[NH+]2CC[NH+]3CCC[C@@H]3[C@@H]2C2CCCCC2)cc1. The van der Waals surface area contributed by atoms with E-state index in [2.05, 4.69) is 0 Å². The minimum Gasteiger partial charge on any atom is -0.323 e. The molecule has 0 aromatic heterocycles. The van der Waals surface area contributed by atoms with Gasteiger partial charge < -0.3 is 9.80 Å². The van der Waals surface area contributed by atoms with Gasteiger partial charge in [0.25, 0.3) is 0 Å². The van der Waals surface area contributed by atoms with E-state index in [1.165, 1.54) is 70.2 Å². The largest absolute Gasteiger partial charge is 0.416 e. The molecule has 2 heterocycles. The van der Waals surface area contributed by atoms with Crippen LogP contribution >= 0.6 is 0 Å². The normalized spacial score (nSPS) is 33.2. The number of piperazine rings is 1. The second-order valence-electron chi connectivity index (χ2n) is 8.61. The zero-order chi connectivity index (χ0) is 18.1. The quantitative estimate of drug-likeness (QED) is 0.809. The average molecular weight is 368 g/mol. The summed E-state index contributed by atoms with van der Waals surface area (Å²) in [5.74, 6) is 0.812. The van der Waals surface area contributed by atoms with Gasteiger partial charge in [-0.3, -0.25) is 0 Å². The lowest BCUT2D eigenvalue weighted by Gasteiger charge is -2.44. The molecular weight excluding hydrogens is 337 g/mol. The van der Waals surface area contributed by atoms with E-state index in [9.17, 15) is 13.2 Å². The lowest BCUT2D eigenvalue weighted by molar-refractivity contribution is -1.05. The molecule has 1 aromatic carbocycles. The number of fused-ring (bicyclic) bond motifs is 1. The van der Waals surface area contributed by atoms with Gasteiger partial charge in [0.1, 0.15) is 31.7 Å². The molecule has 2 aliphatic heterocycles. The standard InChI is InChI=1S/C21H29F3N2/c22-21(23,24)18-10-8-16(9-11-18)15-26-14-13-25-12-4-7-19(25)20(26)17-5-2-1-3-6-17/h8-11,17,19-20H,1-7,12-15H2/p+2/t19-,20+/m1/s1. The van der Waals surface area contributed by atoms with Crippen LogP contribution in [0.25, 0.3) is 0 Å². The van der Waals surface area contributed by atoms with Crippen molar-refractivity contribution in [1.82, 2.24) is 0 Å². The second-order valence-corrected chi connectivity index (χ2v) is 8.61. The monoisotopic (exact) mass is 368 g/mol. The predicted molar refractivity (Wildman–Crippen MR) is 95.1 cm³/mol. The Bertz CT molecular complexity index is 592. The number of halogens is 3. The lowest BCUT2D eigenvalue weighted by Crippen LogP contribution is -3.32. The molecule has 1 saturated carbocycles. The van der Waals surface area contributed by atoms with Gasteiger partial charge in [0, 0.05) is 24.3 Å². The van der Waals surface area contributed by atoms with E-state index in [4.69, 9.17) is 0 Å². The van der Waals surface area contributed by atoms with Crippen molar-refractivity contribution in [1.29, 1.82) is 0 Å². The summed E-state index contributed by atoms with van der Waals surface area (Å²) in [7, 11) is 0. The molecule has 2 saturated heterocycles. The minimum absolute atomic E-state index is 0.537. The number of nitrogens with one attached hydrogen (secondary N) is 2. The number of hydrogen-bond donors (Lipinski definition) is 2. The van der Waals surface area contributed by atoms with Crippen LogP contribution in [0.5, 0.6) is 0 Å². The summed E-state index contributed by atoms with van der Waals surface area (Å²) in [5, 5.41) is 0. The Morgan fingerprint density at radius 1 is 0.846 bits per heavy atom. The van der Waals surface area contributed by atoms with Gasteiger partial charge in [-0.25, -0.2) is 0 Å². The van der Waals surface area contributed by atoms with E-state index in [1.54, 1.807) is 21.9 Å². The Labute approximate surface area is 154 Å². The van der Waals surface area contributed by atoms with Crippen LogP contribution < -0.4 is 9.80 Å². The van der Waals surface area contributed by atoms with Crippen LogP contribution in [0.3, 0.4) is 0 Å². The van der Waals surface area contributed by atoms with Crippen LogP contribution in [0, 0.1) is 5.92 Å². The number of alkyl halides is 3. The fraction of sp³-hybridized carbons (Fsp3) is 0.714. The highest BCUT2D eigenvalue weighted by Gasteiger charge is 2.49. The molecule has 1 aliphatic carbocycles. The molecule has 1 aromatic rings. The van der Waals surface area contributed by atoms with E-state index in [1.807, 2.05) is 0 Å². The fourth-order valence-corrected chi connectivity index (χ4v) is 5.89. The van der Waals surface area contributed by atoms with E-state index >= 15 is 0 Å². The highest BCUT2D eigenvalue weighted by atomic mass is 19.4. The number of hydrogen-bond acceptors (Lipinski definition) is 0. The van der Waals surface area contributed by atoms with Gasteiger partial charge in [-0.1, -0.05) is 31.4 Å². The zero-order valence-corrected chi connectivity index (χ0v) is 15.5. The highest BCUT2D eigenvalue weighted by Crippen LogP contribution is 2.30. The molecule has 0 amide bonds. The second kappa shape index (κ2) is 7.51. The van der Waals surface area contributed by atoms with Gasteiger partial charge in [-0.15, -0.1) is 0 Å². The van der Waals surface area contributed by atoms with Crippen LogP contribution in [0.1, 0.15) is 56.1 Å². The maximum Gasteiger partial charge on any atom is 0.416 e. The summed E-state index contributed by atoms with van der Waals surface area (Å²) in [6.45, 7) is 4.59. The van der Waals surface area contributed by atoms with Crippen molar-refractivity contribution in [2.24, 2.45) is 5.92 Å². The molecule has 2 unspecified atom stereocenters. The average Bonchev–Trinajstić information content (AvgIpc) is 3.10. The predicted octanol–water partition coefficient (Wildman–Crippen LogP) is 2.10. The molecule has 26 heavy (non-hydrogen) atoms. The van der Waals surface area contributed by atoms with Crippen molar-refractivity contribution in [3.8, 4) is 0 Å². The Morgan fingerprint density at radius 3 is 2.27 bits per heavy atom. The van der Waals surface area contributed by atoms with Crippen LogP contribution in [0.2, 0.25) is 0 Å². The van der Waals surface area contributed by atoms with Crippen LogP contribution in [-0.2, 0) is 12.7 Å². The van der Waals surface area contributed by atoms with Gasteiger partial charge in [-0.05, 0) is 25.0 Å². The molecule has 0 radical (unpaired) electrons. The van der Waals surface area contributed by atoms with Gasteiger partial charge in [-0.2, -0.15) is 13.2 Å². The molecule has 144 valence electrons. The summed E-state index contributed by atoms with van der Waals surface area (Å²) < 4.78 is 38.5. The van der Waals surface area contributed by atoms with E-state index in [0.717, 1.165) is 30.6 Å². The maximum absolute atomic E-state index is 12.8. The fourth-order valence-electron chi connectivity index (χ4n) is 5.89. The Hall–Kier alpha value is -1.07. The van der Waals surface area contributed by atoms with Gasteiger partial charge >= 0.3 is 6.18 Å². The first-order chi connectivity index (χ1) is 12.5. The van der Waals surface area contributed by atoms with Crippen molar-refractivity contribution in [3.05, 3.63) is 35.4 Å². The molecule has 4 rings (SSSR count). The number of benzene rings is 1. The van der Waals surface area contributed by atoms with E-state index in [-0.39, 0.29) is 0 Å². The first-order valence-corrected chi connectivity index (χ1v) is 10.4. The number of quaternary nitrogens is 2. The summed E-state index contributed by atoms with van der Waals surface area (Å²) in [4.78, 5) is 3.43. The zero-order valence-electron chi connectivity index (χ0n) is 15.5. The first kappa shape index (κ1) is 18.3. The van der Waals surface area contributed by atoms with Crippen molar-refractivity contribution >= 4 is 0 Å². The Kier molecular flexibility index (Phi) is 5.29. The highest BCUT2D eigenvalue weighted by molar-refractivity contribution is 5.24. The summed E-state index contributed by atoms with van der Waals surface area (Å²) in [6.07, 6.45) is 5.24. The molecule has 0 spiro atoms. The Balaban J connectivity index is 1.51. The van der Waals surface area contributed by atoms with E-state index < -0.39 is 11.7 Å². The summed E-state index contributed by atoms with van der Waals surface area (Å²) in [5.41, 5.74) is 0.514. The molecule has 2 nitrogen and oxygen atoms in total. The summed E-state index contributed by atoms with van der Waals surface area (Å²) in [6, 6.07) is 7.37. The summed E-state index contributed by atoms with van der Waals surface area (Å²) >= 11 is 0. The van der Waals surface area contributed by atoms with Crippen LogP contribution in [-0.4, -0.2) is 31.7 Å². The molecule has 2 N–H and O–H groups in total. The van der Waals surface area contributed by atoms with Gasteiger partial charge in [0.05, 0.1) is 12.1 Å². The van der Waals surface area contributed by atoms with Crippen molar-refractivity contribution < 1.29 is 23.0 Å². The van der Waals surface area contributed by atoms with Crippen LogP contribution in [0.15, 0.2) is 24.3 Å². The smallest absolute Gasteiger partial charge is 0.323 e.